The fourth-order valence-electron chi connectivity index (χ4n) is 10.3. The highest BCUT2D eigenvalue weighted by molar-refractivity contribution is 7.45. The first kappa shape index (κ1) is 77.2. The summed E-state index contributed by atoms with van der Waals surface area (Å²) in [6.07, 6.45) is 72.6. The number of esters is 1. The molecular formula is C69H133N2O7P. The van der Waals surface area contributed by atoms with Crippen LogP contribution in [0.5, 0.6) is 0 Å². The SMILES string of the molecule is CCCCC/C=C\C/C=C\CCCCCCCCCC(=O)NC(COP(=O)([O-])OCC[N+](C)(C)C)C(/C=C\CCCCCCCCCCCCC)OC(=O)CCCCCCCCCCCCCCCCCCCCCCCCC. The van der Waals surface area contributed by atoms with E-state index in [0.717, 1.165) is 77.0 Å². The highest BCUT2D eigenvalue weighted by atomic mass is 31.2. The number of hydrogen-bond donors (Lipinski definition) is 1. The van der Waals surface area contributed by atoms with E-state index in [-0.39, 0.29) is 31.5 Å². The second-order valence-electron chi connectivity index (χ2n) is 24.7. The van der Waals surface area contributed by atoms with E-state index in [9.17, 15) is 19.0 Å². The lowest BCUT2D eigenvalue weighted by Gasteiger charge is -2.30. The number of likely N-dealkylation sites (N-methyl/N-ethyl adjacent to an activating group) is 1. The van der Waals surface area contributed by atoms with Gasteiger partial charge >= 0.3 is 5.97 Å². The van der Waals surface area contributed by atoms with Crippen LogP contribution in [0.3, 0.4) is 0 Å². The zero-order valence-corrected chi connectivity index (χ0v) is 54.2. The third-order valence-corrected chi connectivity index (χ3v) is 16.5. The van der Waals surface area contributed by atoms with E-state index in [2.05, 4.69) is 50.4 Å². The largest absolute Gasteiger partial charge is 0.756 e. The van der Waals surface area contributed by atoms with Crippen molar-refractivity contribution >= 4 is 19.7 Å². The zero-order valence-electron chi connectivity index (χ0n) is 53.3. The van der Waals surface area contributed by atoms with Crippen LogP contribution in [0, 0.1) is 0 Å². The number of nitrogens with zero attached hydrogens (tertiary/aromatic N) is 1. The van der Waals surface area contributed by atoms with E-state index in [1.54, 1.807) is 0 Å². The lowest BCUT2D eigenvalue weighted by atomic mass is 10.0. The molecule has 0 spiro atoms. The predicted octanol–water partition coefficient (Wildman–Crippen LogP) is 20.8. The molecule has 0 bridgehead atoms. The molecule has 9 nitrogen and oxygen atoms in total. The number of phosphoric acid groups is 1. The van der Waals surface area contributed by atoms with Crippen molar-refractivity contribution in [3.8, 4) is 0 Å². The van der Waals surface area contributed by atoms with Crippen molar-refractivity contribution in [3.05, 3.63) is 36.5 Å². The minimum atomic E-state index is -4.70. The Bertz CT molecular complexity index is 1450. The van der Waals surface area contributed by atoms with Crippen molar-refractivity contribution < 1.29 is 37.3 Å². The molecule has 79 heavy (non-hydrogen) atoms. The molecule has 0 rings (SSSR count). The van der Waals surface area contributed by atoms with E-state index in [1.807, 2.05) is 33.3 Å². The van der Waals surface area contributed by atoms with Crippen molar-refractivity contribution in [1.82, 2.24) is 5.32 Å². The van der Waals surface area contributed by atoms with Gasteiger partial charge in [-0.1, -0.05) is 302 Å². The van der Waals surface area contributed by atoms with Gasteiger partial charge in [0.1, 0.15) is 19.3 Å². The molecule has 466 valence electrons. The van der Waals surface area contributed by atoms with Crippen LogP contribution in [-0.4, -0.2) is 69.4 Å². The molecule has 0 fully saturated rings. The van der Waals surface area contributed by atoms with Crippen LogP contribution >= 0.6 is 7.82 Å². The molecular weight excluding hydrogens is 1000 g/mol. The molecule has 0 aliphatic carbocycles. The molecule has 10 heteroatoms. The summed E-state index contributed by atoms with van der Waals surface area (Å²) in [5.41, 5.74) is 0. The minimum absolute atomic E-state index is 0.0215. The van der Waals surface area contributed by atoms with E-state index in [0.29, 0.717) is 17.4 Å². The number of allylic oxidation sites excluding steroid dienone is 5. The zero-order chi connectivity index (χ0) is 57.9. The van der Waals surface area contributed by atoms with Gasteiger partial charge in [0.05, 0.1) is 33.8 Å². The number of amides is 1. The topological polar surface area (TPSA) is 114 Å². The highest BCUT2D eigenvalue weighted by Gasteiger charge is 2.27. The normalized spacial score (nSPS) is 13.8. The molecule has 1 amide bonds. The number of hydrogen-bond acceptors (Lipinski definition) is 7. The Hall–Kier alpha value is -1.77. The van der Waals surface area contributed by atoms with Gasteiger partial charge in [0.2, 0.25) is 5.91 Å². The number of nitrogens with one attached hydrogen (secondary N) is 1. The Balaban J connectivity index is 5.12. The van der Waals surface area contributed by atoms with Crippen LogP contribution in [0.25, 0.3) is 0 Å². The van der Waals surface area contributed by atoms with Crippen LogP contribution in [0.1, 0.15) is 342 Å². The van der Waals surface area contributed by atoms with Gasteiger partial charge in [-0.05, 0) is 63.9 Å². The monoisotopic (exact) mass is 1130 g/mol. The summed E-state index contributed by atoms with van der Waals surface area (Å²) in [7, 11) is 1.19. The Morgan fingerprint density at radius 2 is 0.772 bits per heavy atom. The Morgan fingerprint density at radius 1 is 0.443 bits per heavy atom. The molecule has 0 heterocycles. The average molecular weight is 1130 g/mol. The number of ether oxygens (including phenoxy) is 1. The third kappa shape index (κ3) is 60.6. The highest BCUT2D eigenvalue weighted by Crippen LogP contribution is 2.38. The Labute approximate surface area is 491 Å². The summed E-state index contributed by atoms with van der Waals surface area (Å²) in [6, 6.07) is -0.889. The number of unbranched alkanes of at least 4 members (excludes halogenated alkanes) is 43. The smallest absolute Gasteiger partial charge is 0.306 e. The first-order valence-corrected chi connectivity index (χ1v) is 35.8. The molecule has 1 N–H and O–H groups in total. The van der Waals surface area contributed by atoms with Crippen molar-refractivity contribution in [2.45, 2.75) is 354 Å². The number of carbonyl (C=O) groups excluding carboxylic acids is 2. The molecule has 0 aromatic rings. The number of quaternary nitrogens is 1. The average Bonchev–Trinajstić information content (AvgIpc) is 3.41. The predicted molar refractivity (Wildman–Crippen MR) is 340 cm³/mol. The van der Waals surface area contributed by atoms with E-state index in [1.165, 1.54) is 231 Å². The van der Waals surface area contributed by atoms with Crippen molar-refractivity contribution in [2.75, 3.05) is 40.9 Å². The molecule has 3 unspecified atom stereocenters. The van der Waals surface area contributed by atoms with Crippen LogP contribution in [0.15, 0.2) is 36.5 Å². The maximum absolute atomic E-state index is 13.6. The van der Waals surface area contributed by atoms with Crippen molar-refractivity contribution in [2.24, 2.45) is 0 Å². The first-order valence-electron chi connectivity index (χ1n) is 34.3. The quantitative estimate of drug-likeness (QED) is 0.0212. The Morgan fingerprint density at radius 3 is 1.16 bits per heavy atom. The maximum Gasteiger partial charge on any atom is 0.306 e. The molecule has 0 saturated carbocycles. The van der Waals surface area contributed by atoms with Crippen LogP contribution < -0.4 is 10.2 Å². The molecule has 0 saturated heterocycles. The van der Waals surface area contributed by atoms with Gasteiger partial charge in [0.25, 0.3) is 7.82 Å². The molecule has 0 aromatic heterocycles. The van der Waals surface area contributed by atoms with Gasteiger partial charge in [-0.2, -0.15) is 0 Å². The molecule has 0 aliphatic rings. The van der Waals surface area contributed by atoms with Gasteiger partial charge in [-0.25, -0.2) is 0 Å². The van der Waals surface area contributed by atoms with Crippen LogP contribution in [0.4, 0.5) is 0 Å². The Kier molecular flexibility index (Phi) is 58.1. The maximum atomic E-state index is 13.6. The van der Waals surface area contributed by atoms with Gasteiger partial charge in [-0.3, -0.25) is 14.2 Å². The lowest BCUT2D eigenvalue weighted by molar-refractivity contribution is -0.870. The summed E-state index contributed by atoms with van der Waals surface area (Å²) in [5.74, 6) is -0.532. The van der Waals surface area contributed by atoms with Gasteiger partial charge < -0.3 is 28.5 Å². The summed E-state index contributed by atoms with van der Waals surface area (Å²) in [6.45, 7) is 6.87. The fourth-order valence-corrected chi connectivity index (χ4v) is 11.0. The molecule has 0 radical (unpaired) electrons. The van der Waals surface area contributed by atoms with Crippen LogP contribution in [-0.2, 0) is 27.9 Å². The summed E-state index contributed by atoms with van der Waals surface area (Å²) in [4.78, 5) is 40.1. The number of phosphoric ester groups is 1. The second kappa shape index (κ2) is 59.4. The standard InChI is InChI=1S/C69H133N2O7P/c1-7-10-13-16-19-22-25-28-30-32-33-34-35-36-37-39-41-44-47-50-53-56-59-62-69(73)78-67(60-57-54-51-48-45-42-27-24-21-18-15-12-9-3)66(65-77-79(74,75)76-64-63-71(4,5)6)70-68(72)61-58-55-52-49-46-43-40-38-31-29-26-23-20-17-14-11-8-2/h20,23,29,31,57,60,66-67H,7-19,21-22,24-28,30,32-56,58-59,61-65H2,1-6H3,(H-,70,72,74,75)/b23-20-,31-29-,60-57-. The first-order chi connectivity index (χ1) is 38.4. The van der Waals surface area contributed by atoms with Crippen LogP contribution in [0.2, 0.25) is 0 Å². The minimum Gasteiger partial charge on any atom is -0.756 e. The number of rotatable bonds is 63. The third-order valence-electron chi connectivity index (χ3n) is 15.6. The second-order valence-corrected chi connectivity index (χ2v) is 26.1. The van der Waals surface area contributed by atoms with Crippen molar-refractivity contribution in [3.63, 3.8) is 0 Å². The summed E-state index contributed by atoms with van der Waals surface area (Å²) >= 11 is 0. The summed E-state index contributed by atoms with van der Waals surface area (Å²) in [5, 5.41) is 3.04. The molecule has 0 aromatic carbocycles. The lowest BCUT2D eigenvalue weighted by Crippen LogP contribution is -2.47. The van der Waals surface area contributed by atoms with E-state index >= 15 is 0 Å². The molecule has 0 aliphatic heterocycles. The van der Waals surface area contributed by atoms with Gasteiger partial charge in [0, 0.05) is 12.8 Å². The number of carbonyl (C=O) groups is 2. The van der Waals surface area contributed by atoms with Crippen molar-refractivity contribution in [1.29, 1.82) is 0 Å². The molecule has 3 atom stereocenters. The van der Waals surface area contributed by atoms with Gasteiger partial charge in [0.15, 0.2) is 0 Å². The van der Waals surface area contributed by atoms with Gasteiger partial charge in [-0.15, -0.1) is 0 Å². The van der Waals surface area contributed by atoms with E-state index in [4.69, 9.17) is 13.8 Å². The fraction of sp³-hybridized carbons (Fsp3) is 0.884. The summed E-state index contributed by atoms with van der Waals surface area (Å²) < 4.78 is 30.4. The van der Waals surface area contributed by atoms with E-state index < -0.39 is 20.0 Å².